The molecule has 2 N–H and O–H groups in total. The maximum absolute atomic E-state index is 9.73. The Bertz CT molecular complexity index is 255. The normalized spacial score (nSPS) is 22.8. The monoisotopic (exact) mass is 242 g/mol. The minimum absolute atomic E-state index is 0.285. The first-order chi connectivity index (χ1) is 7.65. The summed E-state index contributed by atoms with van der Waals surface area (Å²) < 4.78 is 0. The minimum Gasteiger partial charge on any atom is -0.389 e. The first kappa shape index (κ1) is 13.5. The van der Waals surface area contributed by atoms with Gasteiger partial charge in [0.2, 0.25) is 0 Å². The fraction of sp³-hybridized carbons (Fsp3) is 0.750. The van der Waals surface area contributed by atoms with Crippen molar-refractivity contribution in [2.45, 2.75) is 44.8 Å². The van der Waals surface area contributed by atoms with Gasteiger partial charge in [-0.25, -0.2) is 0 Å². The van der Waals surface area contributed by atoms with Gasteiger partial charge in [-0.3, -0.25) is 0 Å². The van der Waals surface area contributed by atoms with Crippen LogP contribution in [0, 0.1) is 0 Å². The smallest absolute Gasteiger partial charge is 0.169 e. The molecule has 92 valence electrons. The van der Waals surface area contributed by atoms with E-state index in [9.17, 15) is 5.11 Å². The second-order valence-corrected chi connectivity index (χ2v) is 4.70. The van der Waals surface area contributed by atoms with Crippen molar-refractivity contribution in [2.24, 2.45) is 0 Å². The molecule has 1 heterocycles. The minimum atomic E-state index is -0.311. The van der Waals surface area contributed by atoms with Gasteiger partial charge in [-0.1, -0.05) is 38.3 Å². The predicted molar refractivity (Wildman–Crippen MR) is 71.4 cm³/mol. The van der Waals surface area contributed by atoms with E-state index in [4.69, 9.17) is 12.2 Å². The predicted octanol–water partition coefficient (Wildman–Crippen LogP) is 1.67. The lowest BCUT2D eigenvalue weighted by Gasteiger charge is -2.16. The van der Waals surface area contributed by atoms with Crippen LogP contribution in [-0.4, -0.2) is 40.9 Å². The fourth-order valence-electron chi connectivity index (χ4n) is 1.76. The summed E-state index contributed by atoms with van der Waals surface area (Å²) >= 11 is 5.10. The molecule has 1 aliphatic heterocycles. The van der Waals surface area contributed by atoms with Gasteiger partial charge in [-0.15, -0.1) is 0 Å². The molecule has 0 radical (unpaired) electrons. The summed E-state index contributed by atoms with van der Waals surface area (Å²) in [5.74, 6) is 0. The van der Waals surface area contributed by atoms with Crippen LogP contribution < -0.4 is 5.32 Å². The highest BCUT2D eigenvalue weighted by Crippen LogP contribution is 2.08. The van der Waals surface area contributed by atoms with Crippen LogP contribution in [0.15, 0.2) is 12.2 Å². The van der Waals surface area contributed by atoms with Crippen molar-refractivity contribution in [3.63, 3.8) is 0 Å². The molecule has 1 rings (SSSR count). The van der Waals surface area contributed by atoms with Gasteiger partial charge in [0.15, 0.2) is 5.11 Å². The topological polar surface area (TPSA) is 35.5 Å². The highest BCUT2D eigenvalue weighted by molar-refractivity contribution is 7.80. The van der Waals surface area contributed by atoms with Crippen molar-refractivity contribution in [1.29, 1.82) is 0 Å². The lowest BCUT2D eigenvalue weighted by molar-refractivity contribution is 0.207. The first-order valence-electron chi connectivity index (χ1n) is 6.02. The summed E-state index contributed by atoms with van der Waals surface area (Å²) in [6.45, 7) is 3.01. The standard InChI is InChI=1S/C12H22N2OS/c1-3-4-5-6-11(15)8-7-10-9-13-12(16)14(10)2/h7-8,10-11,15H,3-6,9H2,1-2H3,(H,13,16)/b8-7+. The van der Waals surface area contributed by atoms with E-state index in [1.165, 1.54) is 12.8 Å². The van der Waals surface area contributed by atoms with Crippen molar-refractivity contribution < 1.29 is 5.11 Å². The van der Waals surface area contributed by atoms with Crippen LogP contribution in [0.25, 0.3) is 0 Å². The molecular formula is C12H22N2OS. The molecular weight excluding hydrogens is 220 g/mol. The molecule has 1 aliphatic rings. The van der Waals surface area contributed by atoms with Crippen LogP contribution in [0.1, 0.15) is 32.6 Å². The van der Waals surface area contributed by atoms with Crippen LogP contribution in [0.4, 0.5) is 0 Å². The van der Waals surface area contributed by atoms with E-state index in [1.807, 2.05) is 24.1 Å². The van der Waals surface area contributed by atoms with Crippen LogP contribution in [-0.2, 0) is 0 Å². The average Bonchev–Trinajstić information content (AvgIpc) is 2.58. The number of nitrogens with one attached hydrogen (secondary N) is 1. The zero-order valence-electron chi connectivity index (χ0n) is 10.1. The number of hydrogen-bond acceptors (Lipinski definition) is 2. The summed E-state index contributed by atoms with van der Waals surface area (Å²) in [6, 6.07) is 0.285. The Morgan fingerprint density at radius 3 is 2.94 bits per heavy atom. The van der Waals surface area contributed by atoms with Gasteiger partial charge in [0.05, 0.1) is 12.1 Å². The van der Waals surface area contributed by atoms with E-state index < -0.39 is 0 Å². The molecule has 0 aromatic carbocycles. The van der Waals surface area contributed by atoms with Crippen molar-refractivity contribution in [2.75, 3.05) is 13.6 Å². The largest absolute Gasteiger partial charge is 0.389 e. The average molecular weight is 242 g/mol. The van der Waals surface area contributed by atoms with Gasteiger partial charge in [-0.05, 0) is 18.6 Å². The number of unbranched alkanes of at least 4 members (excludes halogenated alkanes) is 2. The number of rotatable bonds is 6. The summed E-state index contributed by atoms with van der Waals surface area (Å²) in [5.41, 5.74) is 0. The van der Waals surface area contributed by atoms with Gasteiger partial charge in [-0.2, -0.15) is 0 Å². The molecule has 2 atom stereocenters. The highest BCUT2D eigenvalue weighted by atomic mass is 32.1. The molecule has 3 nitrogen and oxygen atoms in total. The molecule has 2 unspecified atom stereocenters. The lowest BCUT2D eigenvalue weighted by atomic mass is 10.1. The maximum atomic E-state index is 9.73. The molecule has 0 amide bonds. The van der Waals surface area contributed by atoms with Crippen LogP contribution in [0.5, 0.6) is 0 Å². The second kappa shape index (κ2) is 6.86. The van der Waals surface area contributed by atoms with E-state index in [0.717, 1.165) is 24.5 Å². The third-order valence-electron chi connectivity index (χ3n) is 2.94. The van der Waals surface area contributed by atoms with E-state index in [1.54, 1.807) is 0 Å². The van der Waals surface area contributed by atoms with Crippen molar-refractivity contribution in [3.8, 4) is 0 Å². The molecule has 4 heteroatoms. The van der Waals surface area contributed by atoms with E-state index in [2.05, 4.69) is 12.2 Å². The van der Waals surface area contributed by atoms with E-state index in [0.29, 0.717) is 0 Å². The lowest BCUT2D eigenvalue weighted by Crippen LogP contribution is -2.28. The number of likely N-dealkylation sites (N-methyl/N-ethyl adjacent to an activating group) is 1. The van der Waals surface area contributed by atoms with Gasteiger partial charge in [0.25, 0.3) is 0 Å². The molecule has 0 bridgehead atoms. The van der Waals surface area contributed by atoms with Crippen molar-refractivity contribution in [1.82, 2.24) is 10.2 Å². The Labute approximate surface area is 104 Å². The Morgan fingerprint density at radius 2 is 2.38 bits per heavy atom. The zero-order chi connectivity index (χ0) is 12.0. The van der Waals surface area contributed by atoms with Crippen LogP contribution in [0.2, 0.25) is 0 Å². The third kappa shape index (κ3) is 4.10. The van der Waals surface area contributed by atoms with E-state index >= 15 is 0 Å². The SMILES string of the molecule is CCCCCC(O)/C=C/C1CNC(=S)N1C. The summed E-state index contributed by atoms with van der Waals surface area (Å²) in [6.07, 6.45) is 7.97. The van der Waals surface area contributed by atoms with Gasteiger partial charge in [0, 0.05) is 13.6 Å². The molecule has 16 heavy (non-hydrogen) atoms. The summed E-state index contributed by atoms with van der Waals surface area (Å²) in [4.78, 5) is 2.02. The number of thiocarbonyl (C=S) groups is 1. The molecule has 0 saturated carbocycles. The third-order valence-corrected chi connectivity index (χ3v) is 3.37. The summed E-state index contributed by atoms with van der Waals surface area (Å²) in [5, 5.41) is 13.6. The molecule has 0 aromatic heterocycles. The second-order valence-electron chi connectivity index (χ2n) is 4.31. The Hall–Kier alpha value is -0.610. The molecule has 0 aromatic rings. The molecule has 1 saturated heterocycles. The highest BCUT2D eigenvalue weighted by Gasteiger charge is 2.21. The number of aliphatic hydroxyl groups excluding tert-OH is 1. The number of aliphatic hydroxyl groups is 1. The van der Waals surface area contributed by atoms with Gasteiger partial charge in [0.1, 0.15) is 0 Å². The first-order valence-corrected chi connectivity index (χ1v) is 6.43. The number of nitrogens with zero attached hydrogens (tertiary/aromatic N) is 1. The Morgan fingerprint density at radius 1 is 1.62 bits per heavy atom. The number of hydrogen-bond donors (Lipinski definition) is 2. The van der Waals surface area contributed by atoms with Crippen LogP contribution >= 0.6 is 12.2 Å². The van der Waals surface area contributed by atoms with Crippen molar-refractivity contribution in [3.05, 3.63) is 12.2 Å². The summed E-state index contributed by atoms with van der Waals surface area (Å²) in [7, 11) is 1.97. The molecule has 0 spiro atoms. The van der Waals surface area contributed by atoms with E-state index in [-0.39, 0.29) is 12.1 Å². The van der Waals surface area contributed by atoms with Gasteiger partial charge < -0.3 is 15.3 Å². The fourth-order valence-corrected chi connectivity index (χ4v) is 1.98. The quantitative estimate of drug-likeness (QED) is 0.422. The molecule has 0 aliphatic carbocycles. The van der Waals surface area contributed by atoms with Gasteiger partial charge >= 0.3 is 0 Å². The van der Waals surface area contributed by atoms with Crippen molar-refractivity contribution >= 4 is 17.3 Å². The van der Waals surface area contributed by atoms with Crippen LogP contribution in [0.3, 0.4) is 0 Å². The maximum Gasteiger partial charge on any atom is 0.169 e. The Kier molecular flexibility index (Phi) is 5.77. The Balaban J connectivity index is 2.27. The zero-order valence-corrected chi connectivity index (χ0v) is 11.0. The molecule has 1 fully saturated rings.